The van der Waals surface area contributed by atoms with Gasteiger partial charge in [-0.1, -0.05) is 31.2 Å². The number of amides is 2. The maximum Gasteiger partial charge on any atom is 0.251 e. The zero-order valence-corrected chi connectivity index (χ0v) is 17.9. The van der Waals surface area contributed by atoms with Crippen molar-refractivity contribution in [2.24, 2.45) is 11.7 Å². The first-order valence-electron chi connectivity index (χ1n) is 11.1. The van der Waals surface area contributed by atoms with Crippen molar-refractivity contribution in [3.63, 3.8) is 0 Å². The first-order valence-corrected chi connectivity index (χ1v) is 11.1. The molecular formula is C25H30N2O4. The number of rotatable bonds is 8. The molecule has 1 saturated carbocycles. The number of primary amides is 1. The number of carbonyl (C=O) groups is 2. The highest BCUT2D eigenvalue weighted by molar-refractivity contribution is 5.94. The van der Waals surface area contributed by atoms with Crippen molar-refractivity contribution in [3.05, 3.63) is 59.2 Å². The lowest BCUT2D eigenvalue weighted by Crippen LogP contribution is -2.27. The van der Waals surface area contributed by atoms with E-state index in [0.29, 0.717) is 30.1 Å². The zero-order valence-electron chi connectivity index (χ0n) is 17.9. The largest absolute Gasteiger partial charge is 0.454 e. The Morgan fingerprint density at radius 1 is 1.13 bits per heavy atom. The van der Waals surface area contributed by atoms with E-state index >= 15 is 0 Å². The summed E-state index contributed by atoms with van der Waals surface area (Å²) < 4.78 is 11.2. The van der Waals surface area contributed by atoms with E-state index in [1.54, 1.807) is 0 Å². The predicted octanol–water partition coefficient (Wildman–Crippen LogP) is 4.10. The molecule has 0 bridgehead atoms. The number of ether oxygens (including phenoxy) is 2. The molecule has 0 aromatic heterocycles. The summed E-state index contributed by atoms with van der Waals surface area (Å²) in [6.07, 6.45) is 4.85. The number of nitrogens with two attached hydrogens (primary N) is 1. The molecule has 1 heterocycles. The van der Waals surface area contributed by atoms with Gasteiger partial charge in [0.1, 0.15) is 0 Å². The van der Waals surface area contributed by atoms with Crippen LogP contribution in [0.4, 0.5) is 0 Å². The Hall–Kier alpha value is -3.02. The van der Waals surface area contributed by atoms with Crippen LogP contribution >= 0.6 is 0 Å². The van der Waals surface area contributed by atoms with Gasteiger partial charge >= 0.3 is 0 Å². The SMILES string of the molecule is C[C@@H](CC1CC[C@H](c2ccc(C(=O)NCCC(N)=O)cc2)C1)c1cccc2c1OCO2. The van der Waals surface area contributed by atoms with Crippen LogP contribution in [0.1, 0.15) is 72.3 Å². The van der Waals surface area contributed by atoms with Gasteiger partial charge in [-0.25, -0.2) is 0 Å². The number of fused-ring (bicyclic) bond motifs is 1. The summed E-state index contributed by atoms with van der Waals surface area (Å²) in [7, 11) is 0. The molecule has 6 heteroatoms. The molecule has 31 heavy (non-hydrogen) atoms. The fourth-order valence-electron chi connectivity index (χ4n) is 4.87. The molecule has 2 amide bonds. The number of carbonyl (C=O) groups excluding carboxylic acids is 2. The lowest BCUT2D eigenvalue weighted by Gasteiger charge is -2.19. The lowest BCUT2D eigenvalue weighted by atomic mass is 9.87. The highest BCUT2D eigenvalue weighted by atomic mass is 16.7. The van der Waals surface area contributed by atoms with Crippen LogP contribution in [-0.2, 0) is 4.79 Å². The second-order valence-electron chi connectivity index (χ2n) is 8.69. The normalized spacial score (nSPS) is 20.4. The Bertz CT molecular complexity index is 941. The molecule has 0 radical (unpaired) electrons. The van der Waals surface area contributed by atoms with Crippen molar-refractivity contribution < 1.29 is 19.1 Å². The van der Waals surface area contributed by atoms with Crippen LogP contribution in [0.15, 0.2) is 42.5 Å². The Labute approximate surface area is 183 Å². The monoisotopic (exact) mass is 422 g/mol. The molecule has 3 N–H and O–H groups in total. The van der Waals surface area contributed by atoms with E-state index in [0.717, 1.165) is 17.9 Å². The number of nitrogens with one attached hydrogen (secondary N) is 1. The van der Waals surface area contributed by atoms with E-state index in [9.17, 15) is 9.59 Å². The van der Waals surface area contributed by atoms with Crippen molar-refractivity contribution in [3.8, 4) is 11.5 Å². The molecule has 2 aliphatic rings. The van der Waals surface area contributed by atoms with Crippen LogP contribution in [0, 0.1) is 5.92 Å². The van der Waals surface area contributed by atoms with Gasteiger partial charge in [0.25, 0.3) is 5.91 Å². The standard InChI is InChI=1S/C25H30N2O4/c1-16(21-3-2-4-22-24(21)31-15-30-22)13-17-5-6-20(14-17)18-7-9-19(10-8-18)25(29)27-12-11-23(26)28/h2-4,7-10,16-17,20H,5-6,11-15H2,1H3,(H2,26,28)(H,27,29)/t16-,17?,20-/m0/s1. The van der Waals surface area contributed by atoms with Gasteiger partial charge in [-0.05, 0) is 67.2 Å². The van der Waals surface area contributed by atoms with Crippen LogP contribution in [0.2, 0.25) is 0 Å². The first-order chi connectivity index (χ1) is 15.0. The minimum Gasteiger partial charge on any atom is -0.454 e. The molecule has 3 atom stereocenters. The van der Waals surface area contributed by atoms with E-state index in [1.165, 1.54) is 30.4 Å². The summed E-state index contributed by atoms with van der Waals surface area (Å²) >= 11 is 0. The van der Waals surface area contributed by atoms with Gasteiger partial charge in [0.15, 0.2) is 11.5 Å². The number of hydrogen-bond donors (Lipinski definition) is 2. The van der Waals surface area contributed by atoms with Crippen LogP contribution in [-0.4, -0.2) is 25.2 Å². The fourth-order valence-corrected chi connectivity index (χ4v) is 4.87. The Kier molecular flexibility index (Phi) is 6.44. The third-order valence-electron chi connectivity index (χ3n) is 6.49. The summed E-state index contributed by atoms with van der Waals surface area (Å²) in [5.41, 5.74) is 8.24. The third-order valence-corrected chi connectivity index (χ3v) is 6.49. The summed E-state index contributed by atoms with van der Waals surface area (Å²) in [4.78, 5) is 23.0. The van der Waals surface area contributed by atoms with Gasteiger partial charge in [0, 0.05) is 24.1 Å². The summed E-state index contributed by atoms with van der Waals surface area (Å²) in [6.45, 7) is 2.85. The maximum absolute atomic E-state index is 12.2. The number of benzene rings is 2. The van der Waals surface area contributed by atoms with Crippen molar-refractivity contribution in [2.45, 2.75) is 50.9 Å². The van der Waals surface area contributed by atoms with Crippen molar-refractivity contribution in [1.82, 2.24) is 5.32 Å². The smallest absolute Gasteiger partial charge is 0.251 e. The molecule has 1 unspecified atom stereocenters. The summed E-state index contributed by atoms with van der Waals surface area (Å²) in [5.74, 6) is 2.81. The number of hydrogen-bond acceptors (Lipinski definition) is 4. The van der Waals surface area contributed by atoms with Crippen LogP contribution in [0.5, 0.6) is 11.5 Å². The minimum absolute atomic E-state index is 0.149. The lowest BCUT2D eigenvalue weighted by molar-refractivity contribution is -0.117. The van der Waals surface area contributed by atoms with Gasteiger partial charge in [0.05, 0.1) is 0 Å². The Morgan fingerprint density at radius 3 is 2.71 bits per heavy atom. The Morgan fingerprint density at radius 2 is 1.94 bits per heavy atom. The van der Waals surface area contributed by atoms with Crippen molar-refractivity contribution in [1.29, 1.82) is 0 Å². The zero-order chi connectivity index (χ0) is 21.8. The van der Waals surface area contributed by atoms with Crippen molar-refractivity contribution in [2.75, 3.05) is 13.3 Å². The highest BCUT2D eigenvalue weighted by Crippen LogP contribution is 2.45. The molecular weight excluding hydrogens is 392 g/mol. The van der Waals surface area contributed by atoms with Crippen LogP contribution in [0.3, 0.4) is 0 Å². The van der Waals surface area contributed by atoms with E-state index in [-0.39, 0.29) is 18.9 Å². The number of para-hydroxylation sites is 1. The average Bonchev–Trinajstić information content (AvgIpc) is 3.42. The minimum atomic E-state index is -0.418. The van der Waals surface area contributed by atoms with Gasteiger partial charge in [-0.15, -0.1) is 0 Å². The molecule has 1 aliphatic heterocycles. The average molecular weight is 423 g/mol. The predicted molar refractivity (Wildman–Crippen MR) is 118 cm³/mol. The fraction of sp³-hybridized carbons (Fsp3) is 0.440. The molecule has 6 nitrogen and oxygen atoms in total. The highest BCUT2D eigenvalue weighted by Gasteiger charge is 2.29. The second-order valence-corrected chi connectivity index (χ2v) is 8.69. The van der Waals surface area contributed by atoms with Crippen molar-refractivity contribution >= 4 is 11.8 Å². The molecule has 2 aromatic carbocycles. The van der Waals surface area contributed by atoms with E-state index in [4.69, 9.17) is 15.2 Å². The second kappa shape index (κ2) is 9.41. The van der Waals surface area contributed by atoms with Crippen LogP contribution in [0.25, 0.3) is 0 Å². The topological polar surface area (TPSA) is 90.7 Å². The summed E-state index contributed by atoms with van der Waals surface area (Å²) in [6, 6.07) is 14.0. The van der Waals surface area contributed by atoms with Crippen LogP contribution < -0.4 is 20.5 Å². The molecule has 164 valence electrons. The molecule has 0 spiro atoms. The molecule has 4 rings (SSSR count). The first kappa shape index (κ1) is 21.2. The molecule has 2 aromatic rings. The third kappa shape index (κ3) is 5.01. The maximum atomic E-state index is 12.2. The summed E-state index contributed by atoms with van der Waals surface area (Å²) in [5, 5.41) is 2.72. The molecule has 1 fully saturated rings. The van der Waals surface area contributed by atoms with Gasteiger partial charge < -0.3 is 20.5 Å². The Balaban J connectivity index is 1.31. The van der Waals surface area contributed by atoms with Gasteiger partial charge in [-0.3, -0.25) is 9.59 Å². The van der Waals surface area contributed by atoms with E-state index in [1.807, 2.05) is 24.3 Å². The molecule has 1 aliphatic carbocycles. The van der Waals surface area contributed by atoms with Gasteiger partial charge in [0.2, 0.25) is 12.7 Å². The quantitative estimate of drug-likeness (QED) is 0.670. The molecule has 0 saturated heterocycles. The van der Waals surface area contributed by atoms with Gasteiger partial charge in [-0.2, -0.15) is 0 Å². The van der Waals surface area contributed by atoms with E-state index < -0.39 is 5.91 Å². The van der Waals surface area contributed by atoms with E-state index in [2.05, 4.69) is 30.4 Å².